The molecule has 9 heteroatoms. The Morgan fingerprint density at radius 2 is 1.89 bits per heavy atom. The van der Waals surface area contributed by atoms with Crippen molar-refractivity contribution in [3.63, 3.8) is 0 Å². The van der Waals surface area contributed by atoms with Crippen LogP contribution in [-0.2, 0) is 6.54 Å². The number of benzene rings is 1. The lowest BCUT2D eigenvalue weighted by Crippen LogP contribution is -2.39. The molecular weight excluding hydrogens is 374 g/mol. The Kier molecular flexibility index (Phi) is 5.95. The van der Waals surface area contributed by atoms with Crippen LogP contribution in [0.4, 0.5) is 5.69 Å². The molecule has 0 aliphatic carbocycles. The van der Waals surface area contributed by atoms with Crippen LogP contribution < -0.4 is 22.1 Å². The van der Waals surface area contributed by atoms with Gasteiger partial charge in [0.2, 0.25) is 0 Å². The summed E-state index contributed by atoms with van der Waals surface area (Å²) in [5.74, 6) is -0.134. The summed E-state index contributed by atoms with van der Waals surface area (Å²) in [6.45, 7) is 1.80. The number of amides is 1. The maximum Gasteiger partial charge on any atom is 0.265 e. The number of rotatable bonds is 5. The molecule has 8 N–H and O–H groups in total. The van der Waals surface area contributed by atoms with Crippen molar-refractivity contribution in [3.8, 4) is 0 Å². The summed E-state index contributed by atoms with van der Waals surface area (Å²) in [5, 5.41) is 20.3. The van der Waals surface area contributed by atoms with Crippen molar-refractivity contribution in [2.24, 2.45) is 11.5 Å². The van der Waals surface area contributed by atoms with Gasteiger partial charge in [-0.05, 0) is 41.8 Å². The van der Waals surface area contributed by atoms with Gasteiger partial charge in [0.05, 0.1) is 4.88 Å². The number of nitrogens with one attached hydrogen (secondary N) is 4. The van der Waals surface area contributed by atoms with Crippen LogP contribution in [0.25, 0.3) is 5.57 Å². The highest BCUT2D eigenvalue weighted by Crippen LogP contribution is 2.29. The van der Waals surface area contributed by atoms with Crippen LogP contribution in [0.2, 0.25) is 0 Å². The van der Waals surface area contributed by atoms with E-state index < -0.39 is 0 Å². The molecule has 0 unspecified atom stereocenters. The van der Waals surface area contributed by atoms with Gasteiger partial charge in [-0.15, -0.1) is 11.3 Å². The third-order valence-electron chi connectivity index (χ3n) is 4.39. The number of hydrogen-bond acceptors (Lipinski definition) is 4. The zero-order valence-electron chi connectivity index (χ0n) is 15.3. The monoisotopic (exact) mass is 397 g/mol. The second-order valence-electron chi connectivity index (χ2n) is 6.39. The molecule has 0 bridgehead atoms. The molecule has 0 atom stereocenters. The average molecular weight is 398 g/mol. The standard InChI is InChI=1S/C19H23N7OS/c20-18(21)24-11-12-1-3-14(4-2-12)25-17(27)16-6-5-15(28-16)13-7-9-26(10-8-13)19(22)23/h1-7H,8-11H2,(H3,22,23)(H,25,27)(H4,20,21,24). The van der Waals surface area contributed by atoms with Crippen LogP contribution in [0.15, 0.2) is 42.5 Å². The first-order valence-corrected chi connectivity index (χ1v) is 9.60. The molecule has 28 heavy (non-hydrogen) atoms. The van der Waals surface area contributed by atoms with E-state index in [4.69, 9.17) is 22.3 Å². The van der Waals surface area contributed by atoms with Gasteiger partial charge in [-0.1, -0.05) is 18.2 Å². The third kappa shape index (κ3) is 4.89. The van der Waals surface area contributed by atoms with Crippen LogP contribution in [0.3, 0.4) is 0 Å². The number of carbonyl (C=O) groups excluding carboxylic acids is 1. The maximum absolute atomic E-state index is 12.5. The molecule has 2 heterocycles. The number of thiophene rings is 1. The number of guanidine groups is 2. The first-order valence-electron chi connectivity index (χ1n) is 8.79. The maximum atomic E-state index is 12.5. The number of nitrogens with two attached hydrogens (primary N) is 2. The van der Waals surface area contributed by atoms with Crippen LogP contribution in [0, 0.1) is 10.8 Å². The van der Waals surface area contributed by atoms with Gasteiger partial charge in [0.1, 0.15) is 0 Å². The molecule has 1 aromatic carbocycles. The predicted molar refractivity (Wildman–Crippen MR) is 114 cm³/mol. The van der Waals surface area contributed by atoms with Gasteiger partial charge in [-0.3, -0.25) is 15.6 Å². The Labute approximate surface area is 167 Å². The summed E-state index contributed by atoms with van der Waals surface area (Å²) >= 11 is 1.46. The molecule has 1 aliphatic rings. The van der Waals surface area contributed by atoms with E-state index in [1.807, 2.05) is 36.4 Å². The Bertz CT molecular complexity index is 917. The summed E-state index contributed by atoms with van der Waals surface area (Å²) in [6.07, 6.45) is 2.86. The van der Waals surface area contributed by atoms with Gasteiger partial charge < -0.3 is 27.0 Å². The fourth-order valence-corrected chi connectivity index (χ4v) is 3.81. The Hall–Kier alpha value is -3.33. The van der Waals surface area contributed by atoms with Gasteiger partial charge in [0.25, 0.3) is 5.91 Å². The van der Waals surface area contributed by atoms with Crippen molar-refractivity contribution in [2.45, 2.75) is 13.0 Å². The molecule has 1 aliphatic heterocycles. The molecule has 3 rings (SSSR count). The largest absolute Gasteiger partial charge is 0.370 e. The minimum atomic E-state index is -0.146. The summed E-state index contributed by atoms with van der Waals surface area (Å²) in [7, 11) is 0. The van der Waals surface area contributed by atoms with Gasteiger partial charge in [0, 0.05) is 30.2 Å². The number of hydrogen-bond donors (Lipinski definition) is 6. The predicted octanol–water partition coefficient (Wildman–Crippen LogP) is 1.97. The summed E-state index contributed by atoms with van der Waals surface area (Å²) < 4.78 is 0. The van der Waals surface area contributed by atoms with Crippen molar-refractivity contribution in [1.82, 2.24) is 10.2 Å². The van der Waals surface area contributed by atoms with E-state index in [1.165, 1.54) is 16.9 Å². The molecule has 8 nitrogen and oxygen atoms in total. The second kappa shape index (κ2) is 8.57. The number of carbonyl (C=O) groups is 1. The Morgan fingerprint density at radius 3 is 2.50 bits per heavy atom. The highest BCUT2D eigenvalue weighted by atomic mass is 32.1. The van der Waals surface area contributed by atoms with Crippen molar-refractivity contribution in [2.75, 3.05) is 18.4 Å². The zero-order chi connectivity index (χ0) is 20.1. The van der Waals surface area contributed by atoms with Crippen molar-refractivity contribution in [3.05, 3.63) is 57.8 Å². The highest BCUT2D eigenvalue weighted by molar-refractivity contribution is 7.15. The molecule has 146 valence electrons. The van der Waals surface area contributed by atoms with Gasteiger partial charge >= 0.3 is 0 Å². The minimum Gasteiger partial charge on any atom is -0.370 e. The van der Waals surface area contributed by atoms with Crippen molar-refractivity contribution < 1.29 is 4.79 Å². The summed E-state index contributed by atoms with van der Waals surface area (Å²) in [6, 6.07) is 11.2. The van der Waals surface area contributed by atoms with Gasteiger partial charge in [-0.2, -0.15) is 0 Å². The van der Waals surface area contributed by atoms with Crippen molar-refractivity contribution >= 4 is 40.4 Å². The lowest BCUT2D eigenvalue weighted by Gasteiger charge is -2.26. The fourth-order valence-electron chi connectivity index (χ4n) is 2.84. The second-order valence-corrected chi connectivity index (χ2v) is 7.48. The van der Waals surface area contributed by atoms with Crippen LogP contribution in [0.5, 0.6) is 0 Å². The van der Waals surface area contributed by atoms with E-state index in [-0.39, 0.29) is 17.8 Å². The quantitative estimate of drug-likeness (QED) is 0.337. The molecule has 2 aromatic rings. The molecular formula is C19H23N7OS. The van der Waals surface area contributed by atoms with E-state index in [9.17, 15) is 4.79 Å². The molecule has 1 aromatic heterocycles. The third-order valence-corrected chi connectivity index (χ3v) is 5.55. The van der Waals surface area contributed by atoms with Crippen LogP contribution >= 0.6 is 11.3 Å². The summed E-state index contributed by atoms with van der Waals surface area (Å²) in [4.78, 5) is 16.0. The SMILES string of the molecule is N=C(N)NCc1ccc(NC(=O)c2ccc(C3=CCN(C(=N)N)CC3)s2)cc1. The van der Waals surface area contributed by atoms with E-state index in [0.29, 0.717) is 30.2 Å². The van der Waals surface area contributed by atoms with Crippen molar-refractivity contribution in [1.29, 1.82) is 10.8 Å². The van der Waals surface area contributed by atoms with E-state index >= 15 is 0 Å². The first kappa shape index (κ1) is 19.4. The molecule has 0 saturated carbocycles. The highest BCUT2D eigenvalue weighted by Gasteiger charge is 2.17. The van der Waals surface area contributed by atoms with Gasteiger partial charge in [-0.25, -0.2) is 0 Å². The average Bonchev–Trinajstić information content (AvgIpc) is 3.18. The van der Waals surface area contributed by atoms with Gasteiger partial charge in [0.15, 0.2) is 11.9 Å². The molecule has 0 fully saturated rings. The van der Waals surface area contributed by atoms with Crippen LogP contribution in [-0.4, -0.2) is 35.8 Å². The Morgan fingerprint density at radius 1 is 1.14 bits per heavy atom. The molecule has 0 saturated heterocycles. The molecule has 0 radical (unpaired) electrons. The van der Waals surface area contributed by atoms with E-state index in [1.54, 1.807) is 4.90 Å². The molecule has 0 spiro atoms. The minimum absolute atomic E-state index is 0.0760. The topological polar surface area (TPSA) is 144 Å². The molecule has 1 amide bonds. The number of nitrogens with zero attached hydrogens (tertiary/aromatic N) is 1. The van der Waals surface area contributed by atoms with E-state index in [2.05, 4.69) is 16.7 Å². The fraction of sp³-hybridized carbons (Fsp3) is 0.211. The Balaban J connectivity index is 1.60. The summed E-state index contributed by atoms with van der Waals surface area (Å²) in [5.41, 5.74) is 13.7. The van der Waals surface area contributed by atoms with Crippen LogP contribution in [0.1, 0.15) is 26.5 Å². The first-order chi connectivity index (χ1) is 13.4. The lowest BCUT2D eigenvalue weighted by molar-refractivity contribution is 0.103. The number of anilines is 1. The lowest BCUT2D eigenvalue weighted by atomic mass is 10.1. The smallest absolute Gasteiger partial charge is 0.265 e. The normalized spacial score (nSPS) is 13.6. The van der Waals surface area contributed by atoms with E-state index in [0.717, 1.165) is 16.9 Å². The zero-order valence-corrected chi connectivity index (χ0v) is 16.1.